The molecule has 3 heteroatoms. The number of aryl methyl sites for hydroxylation is 2. The van der Waals surface area contributed by atoms with Gasteiger partial charge in [-0.1, -0.05) is 6.07 Å². The second kappa shape index (κ2) is 3.58. The van der Waals surface area contributed by atoms with Crippen molar-refractivity contribution in [1.82, 2.24) is 10.3 Å². The third-order valence-electron chi connectivity index (χ3n) is 2.85. The standard InChI is InChI=1S/C11H17N3/c1-8-4-5-9(2)13-11(8)14(3)10-6-12-7-10/h4-5,10,12H,6-7H2,1-3H3. The van der Waals surface area contributed by atoms with E-state index in [1.807, 2.05) is 6.92 Å². The van der Waals surface area contributed by atoms with Crippen LogP contribution in [0.2, 0.25) is 0 Å². The molecule has 1 aliphatic heterocycles. The number of rotatable bonds is 2. The summed E-state index contributed by atoms with van der Waals surface area (Å²) >= 11 is 0. The molecule has 1 N–H and O–H groups in total. The van der Waals surface area contributed by atoms with Gasteiger partial charge in [0.05, 0.1) is 6.04 Å². The molecular formula is C11H17N3. The SMILES string of the molecule is Cc1ccc(C)c(N(C)C2CNC2)n1. The summed E-state index contributed by atoms with van der Waals surface area (Å²) in [6.45, 7) is 6.30. The highest BCUT2D eigenvalue weighted by molar-refractivity contribution is 5.47. The average molecular weight is 191 g/mol. The molecule has 1 aliphatic rings. The van der Waals surface area contributed by atoms with Crippen molar-refractivity contribution in [2.45, 2.75) is 19.9 Å². The lowest BCUT2D eigenvalue weighted by Crippen LogP contribution is -2.56. The van der Waals surface area contributed by atoms with Gasteiger partial charge in [-0.15, -0.1) is 0 Å². The van der Waals surface area contributed by atoms with Gasteiger partial charge in [0.2, 0.25) is 0 Å². The first-order valence-electron chi connectivity index (χ1n) is 5.06. The molecule has 0 bridgehead atoms. The van der Waals surface area contributed by atoms with Crippen LogP contribution in [0.4, 0.5) is 5.82 Å². The van der Waals surface area contributed by atoms with Crippen molar-refractivity contribution in [3.63, 3.8) is 0 Å². The van der Waals surface area contributed by atoms with Crippen molar-refractivity contribution in [3.05, 3.63) is 23.4 Å². The van der Waals surface area contributed by atoms with Gasteiger partial charge < -0.3 is 10.2 Å². The second-order valence-electron chi connectivity index (χ2n) is 4.02. The quantitative estimate of drug-likeness (QED) is 0.759. The first-order chi connectivity index (χ1) is 6.68. The van der Waals surface area contributed by atoms with E-state index in [0.717, 1.165) is 24.6 Å². The molecular weight excluding hydrogens is 174 g/mol. The number of anilines is 1. The zero-order valence-corrected chi connectivity index (χ0v) is 9.04. The summed E-state index contributed by atoms with van der Waals surface area (Å²) in [5, 5.41) is 3.28. The highest BCUT2D eigenvalue weighted by atomic mass is 15.3. The Kier molecular flexibility index (Phi) is 2.42. The minimum absolute atomic E-state index is 0.614. The minimum Gasteiger partial charge on any atom is -0.354 e. The van der Waals surface area contributed by atoms with Crippen LogP contribution in [-0.4, -0.2) is 31.2 Å². The van der Waals surface area contributed by atoms with Gasteiger partial charge in [0.25, 0.3) is 0 Å². The maximum atomic E-state index is 4.57. The third-order valence-corrected chi connectivity index (χ3v) is 2.85. The molecule has 0 radical (unpaired) electrons. The summed E-state index contributed by atoms with van der Waals surface area (Å²) in [5.41, 5.74) is 2.34. The van der Waals surface area contributed by atoms with Crippen LogP contribution >= 0.6 is 0 Å². The van der Waals surface area contributed by atoms with Gasteiger partial charge in [0.1, 0.15) is 5.82 Å². The first kappa shape index (κ1) is 9.46. The Hall–Kier alpha value is -1.09. The number of aromatic nitrogens is 1. The topological polar surface area (TPSA) is 28.2 Å². The molecule has 0 aromatic carbocycles. The van der Waals surface area contributed by atoms with Crippen molar-refractivity contribution in [2.24, 2.45) is 0 Å². The van der Waals surface area contributed by atoms with Crippen LogP contribution in [0.25, 0.3) is 0 Å². The molecule has 0 atom stereocenters. The Morgan fingerprint density at radius 3 is 2.64 bits per heavy atom. The fraction of sp³-hybridized carbons (Fsp3) is 0.545. The normalized spacial score (nSPS) is 16.5. The Morgan fingerprint density at radius 2 is 2.07 bits per heavy atom. The maximum Gasteiger partial charge on any atom is 0.131 e. The fourth-order valence-corrected chi connectivity index (χ4v) is 1.69. The largest absolute Gasteiger partial charge is 0.354 e. The summed E-state index contributed by atoms with van der Waals surface area (Å²) in [5.74, 6) is 1.12. The highest BCUT2D eigenvalue weighted by Crippen LogP contribution is 2.19. The van der Waals surface area contributed by atoms with Crippen LogP contribution in [0, 0.1) is 13.8 Å². The van der Waals surface area contributed by atoms with E-state index in [1.54, 1.807) is 0 Å². The van der Waals surface area contributed by atoms with Crippen LogP contribution in [0.5, 0.6) is 0 Å². The molecule has 2 rings (SSSR count). The molecule has 0 unspecified atom stereocenters. The molecule has 1 fully saturated rings. The average Bonchev–Trinajstić information content (AvgIpc) is 2.06. The van der Waals surface area contributed by atoms with Crippen molar-refractivity contribution < 1.29 is 0 Å². The van der Waals surface area contributed by atoms with Crippen molar-refractivity contribution in [1.29, 1.82) is 0 Å². The number of hydrogen-bond acceptors (Lipinski definition) is 3. The van der Waals surface area contributed by atoms with E-state index in [1.165, 1.54) is 5.56 Å². The molecule has 0 amide bonds. The van der Waals surface area contributed by atoms with Crippen LogP contribution in [0.1, 0.15) is 11.3 Å². The Labute approximate surface area is 85.1 Å². The zero-order valence-electron chi connectivity index (χ0n) is 9.04. The van der Waals surface area contributed by atoms with E-state index in [4.69, 9.17) is 0 Å². The van der Waals surface area contributed by atoms with E-state index >= 15 is 0 Å². The summed E-state index contributed by atoms with van der Waals surface area (Å²) < 4.78 is 0. The summed E-state index contributed by atoms with van der Waals surface area (Å²) in [7, 11) is 2.13. The fourth-order valence-electron chi connectivity index (χ4n) is 1.69. The summed E-state index contributed by atoms with van der Waals surface area (Å²) in [6.07, 6.45) is 0. The van der Waals surface area contributed by atoms with Gasteiger partial charge in [-0.2, -0.15) is 0 Å². The Morgan fingerprint density at radius 1 is 1.36 bits per heavy atom. The molecule has 1 aromatic rings. The molecule has 1 aromatic heterocycles. The molecule has 14 heavy (non-hydrogen) atoms. The van der Waals surface area contributed by atoms with E-state index in [9.17, 15) is 0 Å². The van der Waals surface area contributed by atoms with E-state index < -0.39 is 0 Å². The van der Waals surface area contributed by atoms with Crippen molar-refractivity contribution in [2.75, 3.05) is 25.0 Å². The molecule has 2 heterocycles. The number of hydrogen-bond donors (Lipinski definition) is 1. The van der Waals surface area contributed by atoms with Gasteiger partial charge in [-0.05, 0) is 25.5 Å². The first-order valence-corrected chi connectivity index (χ1v) is 5.06. The molecule has 76 valence electrons. The number of pyridine rings is 1. The van der Waals surface area contributed by atoms with Gasteiger partial charge in [0, 0.05) is 25.8 Å². The minimum atomic E-state index is 0.614. The molecule has 0 aliphatic carbocycles. The lowest BCUT2D eigenvalue weighted by Gasteiger charge is -2.37. The van der Waals surface area contributed by atoms with Gasteiger partial charge >= 0.3 is 0 Å². The van der Waals surface area contributed by atoms with Crippen LogP contribution in [0.3, 0.4) is 0 Å². The van der Waals surface area contributed by atoms with Crippen LogP contribution < -0.4 is 10.2 Å². The van der Waals surface area contributed by atoms with Crippen molar-refractivity contribution in [3.8, 4) is 0 Å². The van der Waals surface area contributed by atoms with E-state index in [2.05, 4.69) is 41.3 Å². The second-order valence-corrected chi connectivity index (χ2v) is 4.02. The lowest BCUT2D eigenvalue weighted by molar-refractivity contribution is 0.426. The maximum absolute atomic E-state index is 4.57. The van der Waals surface area contributed by atoms with Crippen LogP contribution in [-0.2, 0) is 0 Å². The summed E-state index contributed by atoms with van der Waals surface area (Å²) in [4.78, 5) is 6.85. The number of nitrogens with one attached hydrogen (secondary N) is 1. The van der Waals surface area contributed by atoms with Gasteiger partial charge in [-0.3, -0.25) is 0 Å². The highest BCUT2D eigenvalue weighted by Gasteiger charge is 2.23. The smallest absolute Gasteiger partial charge is 0.131 e. The van der Waals surface area contributed by atoms with Crippen LogP contribution in [0.15, 0.2) is 12.1 Å². The van der Waals surface area contributed by atoms with Crippen molar-refractivity contribution >= 4 is 5.82 Å². The summed E-state index contributed by atoms with van der Waals surface area (Å²) in [6, 6.07) is 4.81. The molecule has 0 spiro atoms. The molecule has 1 saturated heterocycles. The van der Waals surface area contributed by atoms with E-state index in [0.29, 0.717) is 6.04 Å². The predicted octanol–water partition coefficient (Wildman–Crippen LogP) is 1.11. The van der Waals surface area contributed by atoms with Gasteiger partial charge in [0.15, 0.2) is 0 Å². The zero-order chi connectivity index (χ0) is 10.1. The Bertz CT molecular complexity index is 331. The number of likely N-dealkylation sites (N-methyl/N-ethyl adjacent to an activating group) is 1. The van der Waals surface area contributed by atoms with Gasteiger partial charge in [-0.25, -0.2) is 4.98 Å². The van der Waals surface area contributed by atoms with E-state index in [-0.39, 0.29) is 0 Å². The third kappa shape index (κ3) is 1.60. The Balaban J connectivity index is 2.24. The lowest BCUT2D eigenvalue weighted by atomic mass is 10.1. The monoisotopic (exact) mass is 191 g/mol. The molecule has 3 nitrogen and oxygen atoms in total. The molecule has 0 saturated carbocycles. The predicted molar refractivity (Wildman–Crippen MR) is 58.8 cm³/mol. The number of nitrogens with zero attached hydrogens (tertiary/aromatic N) is 2.